The third-order valence-corrected chi connectivity index (χ3v) is 4.61. The van der Waals surface area contributed by atoms with Crippen molar-refractivity contribution in [2.24, 2.45) is 0 Å². The highest BCUT2D eigenvalue weighted by atomic mass is 16.5. The van der Waals surface area contributed by atoms with Gasteiger partial charge < -0.3 is 10.1 Å². The lowest BCUT2D eigenvalue weighted by Crippen LogP contribution is -2.25. The van der Waals surface area contributed by atoms with E-state index < -0.39 is 0 Å². The minimum Gasteiger partial charge on any atom is -0.494 e. The zero-order valence-corrected chi connectivity index (χ0v) is 13.7. The molecule has 4 nitrogen and oxygen atoms in total. The van der Waals surface area contributed by atoms with Gasteiger partial charge in [-0.05, 0) is 44.4 Å². The molecule has 0 atom stereocenters. The summed E-state index contributed by atoms with van der Waals surface area (Å²) in [7, 11) is 1.70. The lowest BCUT2D eigenvalue weighted by Gasteiger charge is -2.13. The van der Waals surface area contributed by atoms with E-state index in [0.717, 1.165) is 18.0 Å². The predicted molar refractivity (Wildman–Crippen MR) is 88.7 cm³/mol. The fraction of sp³-hybridized carbons (Fsp3) is 0.500. The van der Waals surface area contributed by atoms with Crippen LogP contribution in [0.3, 0.4) is 0 Å². The van der Waals surface area contributed by atoms with Gasteiger partial charge in [0.05, 0.1) is 13.3 Å². The van der Waals surface area contributed by atoms with Crippen LogP contribution in [0.5, 0.6) is 5.75 Å². The molecule has 1 saturated carbocycles. The third kappa shape index (κ3) is 3.02. The van der Waals surface area contributed by atoms with Crippen LogP contribution in [0.25, 0.3) is 5.69 Å². The minimum absolute atomic E-state index is 0.677. The van der Waals surface area contributed by atoms with Gasteiger partial charge in [-0.2, -0.15) is 5.10 Å². The zero-order chi connectivity index (χ0) is 15.5. The quantitative estimate of drug-likeness (QED) is 0.918. The van der Waals surface area contributed by atoms with Crippen LogP contribution in [-0.4, -0.2) is 22.9 Å². The van der Waals surface area contributed by atoms with Gasteiger partial charge in [0.25, 0.3) is 0 Å². The maximum atomic E-state index is 5.48. The van der Waals surface area contributed by atoms with Crippen molar-refractivity contribution in [2.45, 2.75) is 52.1 Å². The Bertz CT molecular complexity index is 642. The molecule has 2 aromatic rings. The fourth-order valence-electron chi connectivity index (χ4n) is 3.21. The molecule has 0 spiro atoms. The second-order valence-corrected chi connectivity index (χ2v) is 6.20. The van der Waals surface area contributed by atoms with Gasteiger partial charge in [0.1, 0.15) is 11.4 Å². The number of benzene rings is 1. The van der Waals surface area contributed by atoms with Crippen LogP contribution >= 0.6 is 0 Å². The first-order chi connectivity index (χ1) is 10.7. The summed E-state index contributed by atoms with van der Waals surface area (Å²) < 4.78 is 7.47. The Balaban J connectivity index is 1.82. The topological polar surface area (TPSA) is 39.1 Å². The molecule has 1 aliphatic rings. The van der Waals surface area contributed by atoms with E-state index in [1.807, 2.05) is 16.9 Å². The van der Waals surface area contributed by atoms with Crippen molar-refractivity contribution >= 4 is 0 Å². The Morgan fingerprint density at radius 3 is 2.77 bits per heavy atom. The van der Waals surface area contributed by atoms with Crippen LogP contribution in [0.15, 0.2) is 24.4 Å². The predicted octanol–water partition coefficient (Wildman–Crippen LogP) is 3.53. The van der Waals surface area contributed by atoms with Crippen LogP contribution in [-0.2, 0) is 6.54 Å². The van der Waals surface area contributed by atoms with E-state index in [1.165, 1.54) is 42.5 Å². The van der Waals surface area contributed by atoms with E-state index in [-0.39, 0.29) is 0 Å². The number of methoxy groups -OCH3 is 1. The van der Waals surface area contributed by atoms with Gasteiger partial charge in [0, 0.05) is 23.8 Å². The zero-order valence-electron chi connectivity index (χ0n) is 13.7. The van der Waals surface area contributed by atoms with Gasteiger partial charge in [-0.15, -0.1) is 0 Å². The number of hydrogen-bond acceptors (Lipinski definition) is 3. The van der Waals surface area contributed by atoms with E-state index in [1.54, 1.807) is 7.11 Å². The maximum absolute atomic E-state index is 5.48. The van der Waals surface area contributed by atoms with Crippen molar-refractivity contribution in [1.82, 2.24) is 15.1 Å². The first-order valence-corrected chi connectivity index (χ1v) is 8.11. The van der Waals surface area contributed by atoms with E-state index in [2.05, 4.69) is 36.4 Å². The van der Waals surface area contributed by atoms with E-state index in [0.29, 0.717) is 6.04 Å². The van der Waals surface area contributed by atoms with Crippen LogP contribution in [0.1, 0.15) is 42.5 Å². The normalized spacial score (nSPS) is 15.4. The highest BCUT2D eigenvalue weighted by molar-refractivity contribution is 5.49. The molecule has 1 N–H and O–H groups in total. The van der Waals surface area contributed by atoms with Gasteiger partial charge in [0.2, 0.25) is 0 Å². The second kappa shape index (κ2) is 6.53. The Labute approximate surface area is 132 Å². The molecule has 22 heavy (non-hydrogen) atoms. The standard InChI is InChI=1S/C18H25N3O/c1-13-8-9-18(22-3)17(10-13)21-14(2)15(12-20-21)11-19-16-6-4-5-7-16/h8-10,12,16,19H,4-7,11H2,1-3H3. The van der Waals surface area contributed by atoms with E-state index in [4.69, 9.17) is 4.74 Å². The third-order valence-electron chi connectivity index (χ3n) is 4.61. The summed E-state index contributed by atoms with van der Waals surface area (Å²) in [5.74, 6) is 0.854. The van der Waals surface area contributed by atoms with Crippen molar-refractivity contribution in [2.75, 3.05) is 7.11 Å². The van der Waals surface area contributed by atoms with E-state index >= 15 is 0 Å². The van der Waals surface area contributed by atoms with Gasteiger partial charge in [-0.3, -0.25) is 0 Å². The molecule has 0 radical (unpaired) electrons. The van der Waals surface area contributed by atoms with Crippen LogP contribution in [0.2, 0.25) is 0 Å². The van der Waals surface area contributed by atoms with E-state index in [9.17, 15) is 0 Å². The summed E-state index contributed by atoms with van der Waals surface area (Å²) in [6, 6.07) is 6.86. The Morgan fingerprint density at radius 1 is 1.27 bits per heavy atom. The average molecular weight is 299 g/mol. The summed E-state index contributed by atoms with van der Waals surface area (Å²) in [6.45, 7) is 5.11. The molecular formula is C18H25N3O. The lowest BCUT2D eigenvalue weighted by molar-refractivity contribution is 0.411. The highest BCUT2D eigenvalue weighted by Gasteiger charge is 2.16. The van der Waals surface area contributed by atoms with Gasteiger partial charge in [-0.25, -0.2) is 4.68 Å². The van der Waals surface area contributed by atoms with Crippen molar-refractivity contribution in [1.29, 1.82) is 0 Å². The minimum atomic E-state index is 0.677. The molecule has 3 rings (SSSR count). The number of aryl methyl sites for hydroxylation is 1. The fourth-order valence-corrected chi connectivity index (χ4v) is 3.21. The molecule has 0 unspecified atom stereocenters. The van der Waals surface area contributed by atoms with Crippen LogP contribution in [0, 0.1) is 13.8 Å². The summed E-state index contributed by atoms with van der Waals surface area (Å²) in [6.07, 6.45) is 7.30. The van der Waals surface area contributed by atoms with Crippen LogP contribution in [0.4, 0.5) is 0 Å². The molecule has 118 valence electrons. The number of hydrogen-bond donors (Lipinski definition) is 1. The monoisotopic (exact) mass is 299 g/mol. The Hall–Kier alpha value is -1.81. The number of rotatable bonds is 5. The largest absolute Gasteiger partial charge is 0.494 e. The van der Waals surface area contributed by atoms with Crippen molar-refractivity contribution < 1.29 is 4.74 Å². The molecule has 1 aliphatic carbocycles. The molecule has 0 amide bonds. The van der Waals surface area contributed by atoms with Gasteiger partial charge >= 0.3 is 0 Å². The summed E-state index contributed by atoms with van der Waals surface area (Å²) in [4.78, 5) is 0. The Kier molecular flexibility index (Phi) is 4.48. The highest BCUT2D eigenvalue weighted by Crippen LogP contribution is 2.26. The first-order valence-electron chi connectivity index (χ1n) is 8.11. The van der Waals surface area contributed by atoms with Crippen molar-refractivity contribution in [3.63, 3.8) is 0 Å². The molecule has 4 heteroatoms. The molecule has 0 saturated heterocycles. The summed E-state index contributed by atoms with van der Waals surface area (Å²) >= 11 is 0. The molecule has 0 bridgehead atoms. The van der Waals surface area contributed by atoms with Gasteiger partial charge in [-0.1, -0.05) is 18.9 Å². The average Bonchev–Trinajstić information content (AvgIpc) is 3.15. The summed E-state index contributed by atoms with van der Waals surface area (Å²) in [5, 5.41) is 8.24. The van der Waals surface area contributed by atoms with Gasteiger partial charge in [0.15, 0.2) is 0 Å². The van der Waals surface area contributed by atoms with Crippen molar-refractivity contribution in [3.8, 4) is 11.4 Å². The SMILES string of the molecule is COc1ccc(C)cc1-n1ncc(CNC2CCCC2)c1C. The molecule has 1 fully saturated rings. The maximum Gasteiger partial charge on any atom is 0.144 e. The van der Waals surface area contributed by atoms with Crippen LogP contribution < -0.4 is 10.1 Å². The second-order valence-electron chi connectivity index (χ2n) is 6.20. The number of aromatic nitrogens is 2. The molecule has 1 aromatic heterocycles. The molecule has 1 heterocycles. The smallest absolute Gasteiger partial charge is 0.144 e. The number of nitrogens with zero attached hydrogens (tertiary/aromatic N) is 2. The molecule has 0 aliphatic heterocycles. The number of nitrogens with one attached hydrogen (secondary N) is 1. The Morgan fingerprint density at radius 2 is 2.05 bits per heavy atom. The lowest BCUT2D eigenvalue weighted by atomic mass is 10.2. The summed E-state index contributed by atoms with van der Waals surface area (Å²) in [5.41, 5.74) is 4.65. The number of ether oxygens (including phenoxy) is 1. The molecule has 1 aromatic carbocycles. The first kappa shape index (κ1) is 15.1. The molecular weight excluding hydrogens is 274 g/mol. The van der Waals surface area contributed by atoms with Crippen molar-refractivity contribution in [3.05, 3.63) is 41.2 Å².